The van der Waals surface area contributed by atoms with E-state index in [4.69, 9.17) is 11.5 Å². The van der Waals surface area contributed by atoms with Gasteiger partial charge in [-0.05, 0) is 12.5 Å². The number of amides is 2. The van der Waals surface area contributed by atoms with Crippen LogP contribution in [0.5, 0.6) is 0 Å². The zero-order chi connectivity index (χ0) is 15.0. The fourth-order valence-electron chi connectivity index (χ4n) is 1.65. The minimum Gasteiger partial charge on any atom is -0.369 e. The zero-order valence-corrected chi connectivity index (χ0v) is 11.3. The van der Waals surface area contributed by atoms with Gasteiger partial charge < -0.3 is 11.5 Å². The van der Waals surface area contributed by atoms with Gasteiger partial charge >= 0.3 is 0 Å². The lowest BCUT2D eigenvalue weighted by atomic mass is 9.98. The minimum atomic E-state index is -1.03. The number of carbonyl (C=O) groups is 2. The highest BCUT2D eigenvalue weighted by atomic mass is 16.2. The molecule has 4 nitrogen and oxygen atoms in total. The topological polar surface area (TPSA) is 86.2 Å². The molecule has 2 aromatic rings. The quantitative estimate of drug-likeness (QED) is 0.832. The zero-order valence-electron chi connectivity index (χ0n) is 11.3. The van der Waals surface area contributed by atoms with Gasteiger partial charge in [0.05, 0.1) is 0 Å². The lowest BCUT2D eigenvalue weighted by Crippen LogP contribution is -2.32. The van der Waals surface area contributed by atoms with Crippen molar-refractivity contribution in [1.29, 1.82) is 0 Å². The molecule has 0 bridgehead atoms. The van der Waals surface area contributed by atoms with Gasteiger partial charge in [-0.1, -0.05) is 66.2 Å². The van der Waals surface area contributed by atoms with E-state index in [2.05, 4.69) is 19.1 Å². The predicted molar refractivity (Wildman–Crippen MR) is 78.8 cm³/mol. The van der Waals surface area contributed by atoms with E-state index in [0.717, 1.165) is 0 Å². The molecule has 0 aromatic heterocycles. The van der Waals surface area contributed by atoms with Crippen molar-refractivity contribution in [1.82, 2.24) is 0 Å². The maximum absolute atomic E-state index is 10.9. The molecule has 0 spiro atoms. The van der Waals surface area contributed by atoms with Crippen LogP contribution in [0, 0.1) is 6.92 Å². The van der Waals surface area contributed by atoms with Crippen molar-refractivity contribution in [3.63, 3.8) is 0 Å². The summed E-state index contributed by atoms with van der Waals surface area (Å²) in [6.45, 7) is 2.08. The maximum Gasteiger partial charge on any atom is 0.234 e. The third kappa shape index (κ3) is 4.94. The summed E-state index contributed by atoms with van der Waals surface area (Å²) < 4.78 is 0. The summed E-state index contributed by atoms with van der Waals surface area (Å²) in [5.41, 5.74) is 11.9. The Bertz CT molecular complexity index is 539. The molecule has 20 heavy (non-hydrogen) atoms. The molecule has 4 heteroatoms. The van der Waals surface area contributed by atoms with Gasteiger partial charge in [-0.15, -0.1) is 0 Å². The van der Waals surface area contributed by atoms with Crippen LogP contribution in [-0.2, 0) is 9.59 Å². The summed E-state index contributed by atoms with van der Waals surface area (Å²) in [6.07, 6.45) is 0. The van der Waals surface area contributed by atoms with Crippen molar-refractivity contribution in [3.05, 3.63) is 71.8 Å². The Morgan fingerprint density at radius 1 is 0.800 bits per heavy atom. The fourth-order valence-corrected chi connectivity index (χ4v) is 1.65. The number of aryl methyl sites for hydroxylation is 1. The molecule has 0 aliphatic rings. The minimum absolute atomic E-state index is 0.530. The monoisotopic (exact) mass is 270 g/mol. The summed E-state index contributed by atoms with van der Waals surface area (Å²) in [5, 5.41) is 0. The number of carbonyl (C=O) groups excluding carboxylic acids is 2. The van der Waals surface area contributed by atoms with Gasteiger partial charge in [0, 0.05) is 0 Å². The van der Waals surface area contributed by atoms with Gasteiger partial charge in [0.15, 0.2) is 0 Å². The van der Waals surface area contributed by atoms with E-state index in [1.54, 1.807) is 30.3 Å². The number of primary amides is 2. The Morgan fingerprint density at radius 2 is 1.20 bits per heavy atom. The van der Waals surface area contributed by atoms with Crippen LogP contribution in [0.3, 0.4) is 0 Å². The van der Waals surface area contributed by atoms with Gasteiger partial charge in [-0.3, -0.25) is 9.59 Å². The Morgan fingerprint density at radius 3 is 1.50 bits per heavy atom. The van der Waals surface area contributed by atoms with Gasteiger partial charge in [0.25, 0.3) is 0 Å². The molecule has 0 atom stereocenters. The molecular weight excluding hydrogens is 252 g/mol. The third-order valence-corrected chi connectivity index (χ3v) is 2.64. The van der Waals surface area contributed by atoms with Crippen LogP contribution >= 0.6 is 0 Å². The van der Waals surface area contributed by atoms with Crippen molar-refractivity contribution in [2.75, 3.05) is 0 Å². The molecule has 0 aliphatic heterocycles. The Kier molecular flexibility index (Phi) is 5.97. The van der Waals surface area contributed by atoms with Crippen LogP contribution in [0.15, 0.2) is 60.7 Å². The second-order valence-electron chi connectivity index (χ2n) is 4.30. The van der Waals surface area contributed by atoms with E-state index >= 15 is 0 Å². The van der Waals surface area contributed by atoms with Crippen LogP contribution in [-0.4, -0.2) is 11.8 Å². The van der Waals surface area contributed by atoms with Crippen LogP contribution in [0.1, 0.15) is 17.0 Å². The van der Waals surface area contributed by atoms with Crippen LogP contribution < -0.4 is 11.5 Å². The smallest absolute Gasteiger partial charge is 0.234 e. The molecule has 104 valence electrons. The first-order valence-electron chi connectivity index (χ1n) is 6.17. The standard InChI is InChI=1S/C9H10N2O2.C7H8/c10-8(12)7(9(11)13)6-4-2-1-3-5-6;1-7-5-3-2-4-6-7/h1-5,7H,(H2,10,12)(H2,11,13);2-6H,1H3. The fraction of sp³-hybridized carbons (Fsp3) is 0.125. The average molecular weight is 270 g/mol. The van der Waals surface area contributed by atoms with Crippen LogP contribution in [0.4, 0.5) is 0 Å². The average Bonchev–Trinajstić information content (AvgIpc) is 2.40. The molecule has 4 N–H and O–H groups in total. The molecule has 2 amide bonds. The summed E-state index contributed by atoms with van der Waals surface area (Å²) in [7, 11) is 0. The SMILES string of the molecule is Cc1ccccc1.NC(=O)C(C(N)=O)c1ccccc1. The lowest BCUT2D eigenvalue weighted by molar-refractivity contribution is -0.128. The van der Waals surface area contributed by atoms with Crippen molar-refractivity contribution >= 4 is 11.8 Å². The van der Waals surface area contributed by atoms with E-state index in [9.17, 15) is 9.59 Å². The van der Waals surface area contributed by atoms with Crippen molar-refractivity contribution in [2.24, 2.45) is 11.5 Å². The predicted octanol–water partition coefficient (Wildman–Crippen LogP) is 1.74. The van der Waals surface area contributed by atoms with E-state index in [0.29, 0.717) is 5.56 Å². The van der Waals surface area contributed by atoms with Crippen LogP contribution in [0.25, 0.3) is 0 Å². The Balaban J connectivity index is 0.000000240. The van der Waals surface area contributed by atoms with Crippen molar-refractivity contribution < 1.29 is 9.59 Å². The number of benzene rings is 2. The highest BCUT2D eigenvalue weighted by molar-refractivity contribution is 6.04. The highest BCUT2D eigenvalue weighted by Crippen LogP contribution is 2.13. The lowest BCUT2D eigenvalue weighted by Gasteiger charge is -2.08. The van der Waals surface area contributed by atoms with Gasteiger partial charge in [-0.2, -0.15) is 0 Å². The number of hydrogen-bond acceptors (Lipinski definition) is 2. The van der Waals surface area contributed by atoms with E-state index in [1.807, 2.05) is 18.2 Å². The van der Waals surface area contributed by atoms with Crippen LogP contribution in [0.2, 0.25) is 0 Å². The molecular formula is C16H18N2O2. The third-order valence-electron chi connectivity index (χ3n) is 2.64. The molecule has 0 radical (unpaired) electrons. The van der Waals surface area contributed by atoms with E-state index in [-0.39, 0.29) is 0 Å². The van der Waals surface area contributed by atoms with Gasteiger partial charge in [-0.25, -0.2) is 0 Å². The van der Waals surface area contributed by atoms with Crippen molar-refractivity contribution in [2.45, 2.75) is 12.8 Å². The summed E-state index contributed by atoms with van der Waals surface area (Å²) in [6, 6.07) is 18.8. The second-order valence-corrected chi connectivity index (χ2v) is 4.30. The molecule has 2 aromatic carbocycles. The van der Waals surface area contributed by atoms with E-state index in [1.165, 1.54) is 5.56 Å². The second kappa shape index (κ2) is 7.74. The van der Waals surface area contributed by atoms with Crippen molar-refractivity contribution in [3.8, 4) is 0 Å². The number of nitrogens with two attached hydrogens (primary N) is 2. The summed E-state index contributed by atoms with van der Waals surface area (Å²) in [4.78, 5) is 21.7. The molecule has 0 aliphatic carbocycles. The maximum atomic E-state index is 10.9. The number of hydrogen-bond donors (Lipinski definition) is 2. The first-order valence-corrected chi connectivity index (χ1v) is 6.17. The first-order chi connectivity index (χ1) is 9.52. The summed E-state index contributed by atoms with van der Waals surface area (Å²) in [5.74, 6) is -2.47. The molecule has 2 rings (SSSR count). The molecule has 0 unspecified atom stereocenters. The largest absolute Gasteiger partial charge is 0.369 e. The van der Waals surface area contributed by atoms with E-state index < -0.39 is 17.7 Å². The summed E-state index contributed by atoms with van der Waals surface area (Å²) >= 11 is 0. The highest BCUT2D eigenvalue weighted by Gasteiger charge is 2.23. The molecule has 0 heterocycles. The Labute approximate surface area is 118 Å². The first kappa shape index (κ1) is 15.4. The normalized spacial score (nSPS) is 9.50. The molecule has 0 fully saturated rings. The number of rotatable bonds is 3. The Hall–Kier alpha value is -2.62. The van der Waals surface area contributed by atoms with Gasteiger partial charge in [0.2, 0.25) is 11.8 Å². The molecule has 0 saturated heterocycles. The molecule has 0 saturated carbocycles. The van der Waals surface area contributed by atoms with Gasteiger partial charge in [0.1, 0.15) is 5.92 Å².